The lowest BCUT2D eigenvalue weighted by atomic mass is 10.1. The lowest BCUT2D eigenvalue weighted by Gasteiger charge is -2.11. The normalized spacial score (nSPS) is 10.7. The number of anilines is 1. The molecule has 0 saturated heterocycles. The van der Waals surface area contributed by atoms with Gasteiger partial charge >= 0.3 is 0 Å². The number of halogens is 1. The predicted octanol–water partition coefficient (Wildman–Crippen LogP) is 4.08. The quantitative estimate of drug-likeness (QED) is 0.388. The fourth-order valence-corrected chi connectivity index (χ4v) is 3.58. The van der Waals surface area contributed by atoms with Crippen LogP contribution in [0.4, 0.5) is 5.69 Å². The van der Waals surface area contributed by atoms with E-state index in [-0.39, 0.29) is 11.5 Å². The van der Waals surface area contributed by atoms with Gasteiger partial charge in [0.05, 0.1) is 7.11 Å². The van der Waals surface area contributed by atoms with Gasteiger partial charge < -0.3 is 20.4 Å². The third-order valence-corrected chi connectivity index (χ3v) is 5.46. The van der Waals surface area contributed by atoms with E-state index in [4.69, 9.17) is 16.3 Å². The van der Waals surface area contributed by atoms with Crippen LogP contribution in [0.3, 0.4) is 0 Å². The molecule has 0 spiro atoms. The first-order valence-electron chi connectivity index (χ1n) is 10.4. The number of amides is 2. The number of carbonyl (C=O) groups excluding carboxylic acids is 2. The number of aryl methyl sites for hydroxylation is 1. The molecule has 2 aromatic heterocycles. The minimum absolute atomic E-state index is 0.0744. The molecule has 9 heteroatoms. The van der Waals surface area contributed by atoms with Crippen molar-refractivity contribution in [2.45, 2.75) is 13.5 Å². The summed E-state index contributed by atoms with van der Waals surface area (Å²) in [5, 5.41) is 6.73. The van der Waals surface area contributed by atoms with E-state index in [1.54, 1.807) is 49.4 Å². The van der Waals surface area contributed by atoms with E-state index in [1.165, 1.54) is 13.2 Å². The maximum atomic E-state index is 12.9. The molecule has 0 aliphatic heterocycles. The second kappa shape index (κ2) is 9.76. The zero-order valence-corrected chi connectivity index (χ0v) is 19.2. The Morgan fingerprint density at radius 1 is 1.06 bits per heavy atom. The average Bonchev–Trinajstić information content (AvgIpc) is 2.83. The van der Waals surface area contributed by atoms with Crippen molar-refractivity contribution in [2.75, 3.05) is 12.4 Å². The van der Waals surface area contributed by atoms with Crippen molar-refractivity contribution >= 4 is 40.1 Å². The molecule has 0 radical (unpaired) electrons. The smallest absolute Gasteiger partial charge is 0.262 e. The number of ether oxygens (including phenoxy) is 1. The number of pyridine rings is 2. The highest BCUT2D eigenvalue weighted by Gasteiger charge is 2.16. The minimum atomic E-state index is -0.599. The van der Waals surface area contributed by atoms with Crippen molar-refractivity contribution in [3.05, 3.63) is 98.3 Å². The van der Waals surface area contributed by atoms with Gasteiger partial charge in [-0.2, -0.15) is 4.98 Å². The number of aromatic amines is 1. The molecule has 0 fully saturated rings. The van der Waals surface area contributed by atoms with E-state index in [0.29, 0.717) is 39.7 Å². The van der Waals surface area contributed by atoms with E-state index in [9.17, 15) is 14.4 Å². The molecule has 0 saturated carbocycles. The maximum Gasteiger partial charge on any atom is 0.262 e. The second-order valence-corrected chi connectivity index (χ2v) is 8.04. The summed E-state index contributed by atoms with van der Waals surface area (Å²) < 4.78 is 5.06. The molecule has 0 unspecified atom stereocenters. The summed E-state index contributed by atoms with van der Waals surface area (Å²) in [6.45, 7) is 2.10. The monoisotopic (exact) mass is 476 g/mol. The minimum Gasteiger partial charge on any atom is -0.481 e. The van der Waals surface area contributed by atoms with Gasteiger partial charge in [0.25, 0.3) is 17.4 Å². The highest BCUT2D eigenvalue weighted by molar-refractivity contribution is 6.30. The van der Waals surface area contributed by atoms with Crippen molar-refractivity contribution in [1.82, 2.24) is 15.3 Å². The Balaban J connectivity index is 1.53. The van der Waals surface area contributed by atoms with Crippen LogP contribution in [0, 0.1) is 6.92 Å². The van der Waals surface area contributed by atoms with Gasteiger partial charge in [-0.05, 0) is 54.4 Å². The van der Waals surface area contributed by atoms with Gasteiger partial charge in [-0.15, -0.1) is 0 Å². The Hall–Kier alpha value is -4.17. The van der Waals surface area contributed by atoms with Gasteiger partial charge in [0.1, 0.15) is 11.2 Å². The summed E-state index contributed by atoms with van der Waals surface area (Å²) in [5.41, 5.74) is 2.05. The van der Waals surface area contributed by atoms with Crippen LogP contribution in [-0.2, 0) is 6.54 Å². The summed E-state index contributed by atoms with van der Waals surface area (Å²) in [7, 11) is 1.47. The van der Waals surface area contributed by atoms with E-state index in [2.05, 4.69) is 20.6 Å². The van der Waals surface area contributed by atoms with Crippen molar-refractivity contribution < 1.29 is 14.3 Å². The number of fused-ring (bicyclic) bond motifs is 1. The molecule has 4 rings (SSSR count). The van der Waals surface area contributed by atoms with E-state index >= 15 is 0 Å². The van der Waals surface area contributed by atoms with Crippen molar-refractivity contribution in [1.29, 1.82) is 0 Å². The lowest BCUT2D eigenvalue weighted by Crippen LogP contribution is -2.25. The largest absolute Gasteiger partial charge is 0.481 e. The molecule has 0 atom stereocenters. The number of hydrogen-bond acceptors (Lipinski definition) is 5. The fourth-order valence-electron chi connectivity index (χ4n) is 3.37. The average molecular weight is 477 g/mol. The van der Waals surface area contributed by atoms with Crippen LogP contribution >= 0.6 is 11.6 Å². The van der Waals surface area contributed by atoms with Crippen LogP contribution in [0.25, 0.3) is 11.0 Å². The van der Waals surface area contributed by atoms with Gasteiger partial charge in [0.15, 0.2) is 0 Å². The number of carbonyl (C=O) groups is 2. The third kappa shape index (κ3) is 5.07. The summed E-state index contributed by atoms with van der Waals surface area (Å²) in [4.78, 5) is 44.8. The number of aromatic nitrogens is 2. The van der Waals surface area contributed by atoms with E-state index < -0.39 is 11.5 Å². The zero-order chi connectivity index (χ0) is 24.2. The topological polar surface area (TPSA) is 113 Å². The van der Waals surface area contributed by atoms with Crippen molar-refractivity contribution in [3.8, 4) is 5.88 Å². The Labute approximate surface area is 199 Å². The summed E-state index contributed by atoms with van der Waals surface area (Å²) >= 11 is 5.98. The molecular weight excluding hydrogens is 456 g/mol. The number of benzene rings is 2. The summed E-state index contributed by atoms with van der Waals surface area (Å²) in [6.07, 6.45) is 0. The van der Waals surface area contributed by atoms with Gasteiger partial charge in [-0.25, -0.2) is 0 Å². The third-order valence-electron chi connectivity index (χ3n) is 5.22. The molecule has 2 aromatic carbocycles. The number of rotatable bonds is 6. The number of H-pyrrole nitrogens is 1. The molecule has 0 aliphatic carbocycles. The van der Waals surface area contributed by atoms with Gasteiger partial charge in [0.2, 0.25) is 5.88 Å². The van der Waals surface area contributed by atoms with Crippen LogP contribution in [-0.4, -0.2) is 28.9 Å². The Kier molecular flexibility index (Phi) is 6.60. The van der Waals surface area contributed by atoms with E-state index in [1.807, 2.05) is 12.1 Å². The predicted molar refractivity (Wildman–Crippen MR) is 131 cm³/mol. The Morgan fingerprint density at radius 2 is 1.88 bits per heavy atom. The van der Waals surface area contributed by atoms with Gasteiger partial charge in [-0.3, -0.25) is 14.4 Å². The maximum absolute atomic E-state index is 12.9. The van der Waals surface area contributed by atoms with Gasteiger partial charge in [-0.1, -0.05) is 29.8 Å². The first kappa shape index (κ1) is 23.0. The second-order valence-electron chi connectivity index (χ2n) is 7.60. The van der Waals surface area contributed by atoms with Crippen LogP contribution in [0.2, 0.25) is 5.02 Å². The molecule has 0 aliphatic rings. The summed E-state index contributed by atoms with van der Waals surface area (Å²) in [5.74, 6) is -0.556. The molecule has 172 valence electrons. The van der Waals surface area contributed by atoms with Crippen LogP contribution in [0.5, 0.6) is 5.88 Å². The van der Waals surface area contributed by atoms with Crippen LogP contribution < -0.4 is 20.9 Å². The molecule has 8 nitrogen and oxygen atoms in total. The van der Waals surface area contributed by atoms with Crippen molar-refractivity contribution in [2.24, 2.45) is 0 Å². The van der Waals surface area contributed by atoms with E-state index in [0.717, 1.165) is 11.1 Å². The van der Waals surface area contributed by atoms with Crippen molar-refractivity contribution in [3.63, 3.8) is 0 Å². The Bertz CT molecular complexity index is 1470. The molecule has 4 aromatic rings. The number of nitrogens with zero attached hydrogens (tertiary/aromatic N) is 1. The fraction of sp³-hybridized carbons (Fsp3) is 0.120. The zero-order valence-electron chi connectivity index (χ0n) is 18.4. The standard InChI is InChI=1S/C25H21ClN4O4/c1-14-6-7-17(23(31)27-13-15-4-3-5-18(26)10-15)12-20(14)28-24(32)19-11-16-8-9-21(34-2)29-22(16)30-25(19)33/h3-12H,13H2,1-2H3,(H,27,31)(H,28,32)(H,29,30,33). The van der Waals surface area contributed by atoms with Crippen LogP contribution in [0.1, 0.15) is 31.8 Å². The van der Waals surface area contributed by atoms with Crippen LogP contribution in [0.15, 0.2) is 65.5 Å². The first-order chi connectivity index (χ1) is 16.3. The first-order valence-corrected chi connectivity index (χ1v) is 10.7. The highest BCUT2D eigenvalue weighted by Crippen LogP contribution is 2.19. The SMILES string of the molecule is COc1ccc2cc(C(=O)Nc3cc(C(=O)NCc4cccc(Cl)c4)ccc3C)c(=O)[nH]c2n1. The molecule has 2 heterocycles. The summed E-state index contributed by atoms with van der Waals surface area (Å²) in [6, 6.07) is 17.0. The molecule has 34 heavy (non-hydrogen) atoms. The number of hydrogen-bond donors (Lipinski definition) is 3. The number of methoxy groups -OCH3 is 1. The highest BCUT2D eigenvalue weighted by atomic mass is 35.5. The van der Waals surface area contributed by atoms with Gasteiger partial charge in [0, 0.05) is 34.3 Å². The molecule has 3 N–H and O–H groups in total. The molecule has 0 bridgehead atoms. The molecular formula is C25H21ClN4O4. The lowest BCUT2D eigenvalue weighted by molar-refractivity contribution is 0.0949. The number of nitrogens with one attached hydrogen (secondary N) is 3. The Morgan fingerprint density at radius 3 is 2.65 bits per heavy atom. The molecule has 2 amide bonds.